The van der Waals surface area contributed by atoms with Crippen molar-refractivity contribution in [3.63, 3.8) is 0 Å². The van der Waals surface area contributed by atoms with E-state index in [9.17, 15) is 0 Å². The van der Waals surface area contributed by atoms with E-state index < -0.39 is 0 Å². The Kier molecular flexibility index (Phi) is 5.60. The second-order valence-electron chi connectivity index (χ2n) is 3.97. The molecule has 0 unspecified atom stereocenters. The molecule has 0 saturated heterocycles. The first kappa shape index (κ1) is 12.7. The molecule has 16 heavy (non-hydrogen) atoms. The van der Waals surface area contributed by atoms with E-state index in [2.05, 4.69) is 19.9 Å². The number of hydrogen-bond donors (Lipinski definition) is 0. The maximum absolute atomic E-state index is 8.82. The lowest BCUT2D eigenvalue weighted by Gasteiger charge is -2.06. The third-order valence-corrected chi connectivity index (χ3v) is 2.56. The molecule has 0 amide bonds. The van der Waals surface area contributed by atoms with Crippen molar-refractivity contribution in [3.8, 4) is 6.07 Å². The smallest absolute Gasteiger partial charge is 0.0991 e. The van der Waals surface area contributed by atoms with E-state index in [1.807, 2.05) is 18.2 Å². The summed E-state index contributed by atoms with van der Waals surface area (Å²) >= 11 is 0. The Morgan fingerprint density at radius 1 is 1.31 bits per heavy atom. The first-order valence-electron chi connectivity index (χ1n) is 5.85. The van der Waals surface area contributed by atoms with Crippen molar-refractivity contribution >= 4 is 0 Å². The number of benzene rings is 1. The summed E-state index contributed by atoms with van der Waals surface area (Å²) < 4.78 is 5.44. The molecule has 2 heteroatoms. The van der Waals surface area contributed by atoms with Crippen molar-refractivity contribution in [2.24, 2.45) is 0 Å². The lowest BCUT2D eigenvalue weighted by molar-refractivity contribution is 0.132. The molecule has 0 atom stereocenters. The Hall–Kier alpha value is -1.33. The van der Waals surface area contributed by atoms with Crippen LogP contribution in [0.4, 0.5) is 0 Å². The van der Waals surface area contributed by atoms with Gasteiger partial charge < -0.3 is 4.74 Å². The molecule has 0 saturated carbocycles. The predicted molar refractivity (Wildman–Crippen MR) is 65.3 cm³/mol. The van der Waals surface area contributed by atoms with Gasteiger partial charge in [0.15, 0.2) is 0 Å². The van der Waals surface area contributed by atoms with Gasteiger partial charge in [-0.2, -0.15) is 5.26 Å². The molecule has 0 spiro atoms. The highest BCUT2D eigenvalue weighted by Gasteiger charge is 2.00. The van der Waals surface area contributed by atoms with Gasteiger partial charge in [0.05, 0.1) is 11.6 Å². The van der Waals surface area contributed by atoms with Crippen molar-refractivity contribution in [2.45, 2.75) is 33.1 Å². The van der Waals surface area contributed by atoms with Gasteiger partial charge in [0, 0.05) is 13.2 Å². The monoisotopic (exact) mass is 217 g/mol. The van der Waals surface area contributed by atoms with Crippen LogP contribution in [-0.4, -0.2) is 13.2 Å². The van der Waals surface area contributed by atoms with Gasteiger partial charge in [-0.05, 0) is 49.4 Å². The molecule has 1 aromatic carbocycles. The summed E-state index contributed by atoms with van der Waals surface area (Å²) in [6.07, 6.45) is 3.09. The average molecular weight is 217 g/mol. The predicted octanol–water partition coefficient (Wildman–Crippen LogP) is 3.23. The van der Waals surface area contributed by atoms with E-state index in [0.29, 0.717) is 0 Å². The number of nitrogens with zero attached hydrogens (tertiary/aromatic N) is 1. The van der Waals surface area contributed by atoms with Crippen LogP contribution in [0.15, 0.2) is 18.2 Å². The minimum atomic E-state index is 0.745. The van der Waals surface area contributed by atoms with Crippen molar-refractivity contribution in [3.05, 3.63) is 34.9 Å². The maximum atomic E-state index is 8.82. The normalized spacial score (nSPS) is 10.1. The minimum Gasteiger partial charge on any atom is -0.381 e. The van der Waals surface area contributed by atoms with Crippen LogP contribution in [0.3, 0.4) is 0 Å². The summed E-state index contributed by atoms with van der Waals surface area (Å²) in [6, 6.07) is 8.04. The summed E-state index contributed by atoms with van der Waals surface area (Å²) in [5.41, 5.74) is 3.27. The number of hydrogen-bond acceptors (Lipinski definition) is 2. The lowest BCUT2D eigenvalue weighted by Crippen LogP contribution is -1.99. The quantitative estimate of drug-likeness (QED) is 0.685. The highest BCUT2D eigenvalue weighted by atomic mass is 16.5. The zero-order valence-corrected chi connectivity index (χ0v) is 10.1. The minimum absolute atomic E-state index is 0.745. The molecule has 86 valence electrons. The topological polar surface area (TPSA) is 33.0 Å². The standard InChI is InChI=1S/C14H19NO/c1-3-8-16-9-4-5-14-10-13(11-15)7-6-12(14)2/h6-7,10H,3-5,8-9H2,1-2H3. The van der Waals surface area contributed by atoms with E-state index >= 15 is 0 Å². The van der Waals surface area contributed by atoms with Gasteiger partial charge in [-0.3, -0.25) is 0 Å². The zero-order valence-electron chi connectivity index (χ0n) is 10.1. The van der Waals surface area contributed by atoms with Crippen LogP contribution in [0, 0.1) is 18.3 Å². The second kappa shape index (κ2) is 7.03. The molecule has 0 aliphatic rings. The molecule has 0 N–H and O–H groups in total. The lowest BCUT2D eigenvalue weighted by atomic mass is 10.0. The fraction of sp³-hybridized carbons (Fsp3) is 0.500. The van der Waals surface area contributed by atoms with Gasteiger partial charge in [-0.15, -0.1) is 0 Å². The highest BCUT2D eigenvalue weighted by molar-refractivity contribution is 5.37. The molecule has 1 rings (SSSR count). The van der Waals surface area contributed by atoms with Crippen LogP contribution in [-0.2, 0) is 11.2 Å². The molecule has 0 aliphatic heterocycles. The molecule has 2 nitrogen and oxygen atoms in total. The largest absolute Gasteiger partial charge is 0.381 e. The molecule has 1 aromatic rings. The number of aryl methyl sites for hydroxylation is 2. The SMILES string of the molecule is CCCOCCCc1cc(C#N)ccc1C. The van der Waals surface area contributed by atoms with Gasteiger partial charge in [0.1, 0.15) is 0 Å². The average Bonchev–Trinajstić information content (AvgIpc) is 2.31. The third-order valence-electron chi connectivity index (χ3n) is 2.56. The Morgan fingerprint density at radius 2 is 2.12 bits per heavy atom. The highest BCUT2D eigenvalue weighted by Crippen LogP contribution is 2.12. The zero-order chi connectivity index (χ0) is 11.8. The first-order valence-corrected chi connectivity index (χ1v) is 5.85. The Morgan fingerprint density at radius 3 is 2.81 bits per heavy atom. The Bertz CT molecular complexity index is 365. The summed E-state index contributed by atoms with van der Waals surface area (Å²) in [4.78, 5) is 0. The molecule has 0 bridgehead atoms. The van der Waals surface area contributed by atoms with Crippen molar-refractivity contribution in [1.82, 2.24) is 0 Å². The van der Waals surface area contributed by atoms with E-state index in [0.717, 1.165) is 38.0 Å². The van der Waals surface area contributed by atoms with Crippen LogP contribution in [0.1, 0.15) is 36.5 Å². The Balaban J connectivity index is 2.44. The third kappa shape index (κ3) is 4.04. The molecule has 0 heterocycles. The van der Waals surface area contributed by atoms with Crippen molar-refractivity contribution < 1.29 is 4.74 Å². The van der Waals surface area contributed by atoms with Crippen LogP contribution < -0.4 is 0 Å². The molecule has 0 fully saturated rings. The van der Waals surface area contributed by atoms with Gasteiger partial charge >= 0.3 is 0 Å². The van der Waals surface area contributed by atoms with Gasteiger partial charge in [0.25, 0.3) is 0 Å². The van der Waals surface area contributed by atoms with Crippen molar-refractivity contribution in [1.29, 1.82) is 5.26 Å². The van der Waals surface area contributed by atoms with E-state index in [1.54, 1.807) is 0 Å². The van der Waals surface area contributed by atoms with E-state index in [-0.39, 0.29) is 0 Å². The van der Waals surface area contributed by atoms with Gasteiger partial charge in [0.2, 0.25) is 0 Å². The van der Waals surface area contributed by atoms with Crippen LogP contribution in [0.2, 0.25) is 0 Å². The fourth-order valence-corrected chi connectivity index (χ4v) is 1.62. The second-order valence-corrected chi connectivity index (χ2v) is 3.97. The molecular weight excluding hydrogens is 198 g/mol. The molecular formula is C14H19NO. The van der Waals surface area contributed by atoms with Crippen LogP contribution >= 0.6 is 0 Å². The van der Waals surface area contributed by atoms with Gasteiger partial charge in [-0.25, -0.2) is 0 Å². The van der Waals surface area contributed by atoms with Crippen LogP contribution in [0.25, 0.3) is 0 Å². The van der Waals surface area contributed by atoms with Crippen LogP contribution in [0.5, 0.6) is 0 Å². The summed E-state index contributed by atoms with van der Waals surface area (Å²) in [5, 5.41) is 8.82. The van der Waals surface area contributed by atoms with Crippen molar-refractivity contribution in [2.75, 3.05) is 13.2 Å². The summed E-state index contributed by atoms with van der Waals surface area (Å²) in [6.45, 7) is 5.85. The number of rotatable bonds is 6. The molecule has 0 radical (unpaired) electrons. The number of nitriles is 1. The maximum Gasteiger partial charge on any atom is 0.0991 e. The summed E-state index contributed by atoms with van der Waals surface area (Å²) in [5.74, 6) is 0. The Labute approximate surface area is 97.9 Å². The van der Waals surface area contributed by atoms with E-state index in [4.69, 9.17) is 10.00 Å². The number of ether oxygens (including phenoxy) is 1. The molecule has 0 aromatic heterocycles. The molecule has 0 aliphatic carbocycles. The van der Waals surface area contributed by atoms with E-state index in [1.165, 1.54) is 11.1 Å². The van der Waals surface area contributed by atoms with Gasteiger partial charge in [-0.1, -0.05) is 13.0 Å². The fourth-order valence-electron chi connectivity index (χ4n) is 1.62. The summed E-state index contributed by atoms with van der Waals surface area (Å²) in [7, 11) is 0. The first-order chi connectivity index (χ1) is 7.77.